The van der Waals surface area contributed by atoms with Crippen LogP contribution >= 0.6 is 0 Å². The maximum absolute atomic E-state index is 11.9. The van der Waals surface area contributed by atoms with E-state index in [0.717, 1.165) is 0 Å². The molecule has 3 rings (SSSR count). The maximum atomic E-state index is 11.9. The third kappa shape index (κ3) is 2.28. The number of H-pyrrole nitrogens is 1. The van der Waals surface area contributed by atoms with Gasteiger partial charge < -0.3 is 19.8 Å². The van der Waals surface area contributed by atoms with E-state index < -0.39 is 0 Å². The summed E-state index contributed by atoms with van der Waals surface area (Å²) in [5, 5.41) is 2.69. The second-order valence-electron chi connectivity index (χ2n) is 3.96. The van der Waals surface area contributed by atoms with Crippen LogP contribution in [0.5, 0.6) is 11.5 Å². The summed E-state index contributed by atoms with van der Waals surface area (Å²) in [6.45, 7) is 0.181. The number of carbonyl (C=O) groups excluding carboxylic acids is 1. The maximum Gasteiger partial charge on any atom is 0.255 e. The van der Waals surface area contributed by atoms with Gasteiger partial charge in [0.15, 0.2) is 11.5 Å². The molecule has 1 aromatic heterocycles. The second-order valence-corrected chi connectivity index (χ2v) is 3.96. The van der Waals surface area contributed by atoms with Crippen LogP contribution in [0.15, 0.2) is 41.3 Å². The van der Waals surface area contributed by atoms with Gasteiger partial charge in [-0.2, -0.15) is 0 Å². The lowest BCUT2D eigenvalue weighted by atomic mass is 10.2. The van der Waals surface area contributed by atoms with E-state index in [1.54, 1.807) is 18.2 Å². The third-order valence-electron chi connectivity index (χ3n) is 2.67. The lowest BCUT2D eigenvalue weighted by molar-refractivity contribution is 0.102. The summed E-state index contributed by atoms with van der Waals surface area (Å²) in [5.41, 5.74) is 0.550. The summed E-state index contributed by atoms with van der Waals surface area (Å²) in [6.07, 6.45) is 1.43. The van der Waals surface area contributed by atoms with Crippen LogP contribution in [-0.4, -0.2) is 17.7 Å². The number of hydrogen-bond acceptors (Lipinski definition) is 4. The highest BCUT2D eigenvalue weighted by Gasteiger charge is 2.14. The third-order valence-corrected chi connectivity index (χ3v) is 2.67. The Hall–Kier alpha value is -2.76. The number of pyridine rings is 1. The van der Waals surface area contributed by atoms with E-state index in [0.29, 0.717) is 22.7 Å². The van der Waals surface area contributed by atoms with Gasteiger partial charge in [0.2, 0.25) is 12.4 Å². The van der Waals surface area contributed by atoms with Crippen LogP contribution < -0.4 is 20.3 Å². The molecule has 0 radical (unpaired) electrons. The number of anilines is 1. The van der Waals surface area contributed by atoms with Crippen LogP contribution in [-0.2, 0) is 0 Å². The number of rotatable bonds is 2. The van der Waals surface area contributed by atoms with Crippen molar-refractivity contribution in [3.63, 3.8) is 0 Å². The summed E-state index contributed by atoms with van der Waals surface area (Å²) in [7, 11) is 0. The highest BCUT2D eigenvalue weighted by atomic mass is 16.7. The van der Waals surface area contributed by atoms with E-state index in [4.69, 9.17) is 9.47 Å². The molecule has 6 heteroatoms. The average Bonchev–Trinajstić information content (AvgIpc) is 2.86. The molecule has 0 saturated carbocycles. The van der Waals surface area contributed by atoms with Crippen LogP contribution in [0.1, 0.15) is 10.4 Å². The molecule has 2 N–H and O–H groups in total. The lowest BCUT2D eigenvalue weighted by Gasteiger charge is -2.05. The van der Waals surface area contributed by atoms with Gasteiger partial charge >= 0.3 is 0 Å². The molecular formula is C13H10N2O4. The molecule has 0 spiro atoms. The Morgan fingerprint density at radius 3 is 2.84 bits per heavy atom. The SMILES string of the molecule is O=C(Nc1ccc2c(c1)OCO2)c1cc[nH]c(=O)c1. The predicted molar refractivity (Wildman–Crippen MR) is 67.6 cm³/mol. The number of aromatic nitrogens is 1. The first kappa shape index (κ1) is 11.3. The Morgan fingerprint density at radius 1 is 1.16 bits per heavy atom. The Balaban J connectivity index is 1.82. The summed E-state index contributed by atoms with van der Waals surface area (Å²) in [5.74, 6) is 0.878. The number of benzene rings is 1. The van der Waals surface area contributed by atoms with Crippen molar-refractivity contribution in [3.05, 3.63) is 52.4 Å². The van der Waals surface area contributed by atoms with Crippen LogP contribution in [0.3, 0.4) is 0 Å². The minimum atomic E-state index is -0.357. The molecule has 1 aliphatic rings. The van der Waals surface area contributed by atoms with E-state index in [9.17, 15) is 9.59 Å². The van der Waals surface area contributed by atoms with Crippen LogP contribution in [0.25, 0.3) is 0 Å². The zero-order chi connectivity index (χ0) is 13.2. The average molecular weight is 258 g/mol. The zero-order valence-corrected chi connectivity index (χ0v) is 9.80. The van der Waals surface area contributed by atoms with Crippen molar-refractivity contribution in [2.75, 3.05) is 12.1 Å². The summed E-state index contributed by atoms with van der Waals surface area (Å²) in [6, 6.07) is 7.87. The van der Waals surface area contributed by atoms with Gasteiger partial charge in [-0.3, -0.25) is 9.59 Å². The first-order valence-electron chi connectivity index (χ1n) is 5.62. The molecule has 0 fully saturated rings. The van der Waals surface area contributed by atoms with Crippen molar-refractivity contribution in [3.8, 4) is 11.5 Å². The molecule has 1 aliphatic heterocycles. The smallest absolute Gasteiger partial charge is 0.255 e. The first-order valence-corrected chi connectivity index (χ1v) is 5.62. The number of ether oxygens (including phenoxy) is 2. The Morgan fingerprint density at radius 2 is 2.00 bits per heavy atom. The Kier molecular flexibility index (Phi) is 2.68. The number of carbonyl (C=O) groups is 1. The molecule has 0 unspecified atom stereocenters. The fourth-order valence-corrected chi connectivity index (χ4v) is 1.76. The van der Waals surface area contributed by atoms with E-state index in [-0.39, 0.29) is 18.3 Å². The zero-order valence-electron chi connectivity index (χ0n) is 9.80. The van der Waals surface area contributed by atoms with Crippen LogP contribution in [0.2, 0.25) is 0 Å². The number of hydrogen-bond donors (Lipinski definition) is 2. The molecule has 0 atom stereocenters. The van der Waals surface area contributed by atoms with Gasteiger partial charge in [0.05, 0.1) is 0 Å². The number of aromatic amines is 1. The molecule has 6 nitrogen and oxygen atoms in total. The first-order chi connectivity index (χ1) is 9.22. The monoisotopic (exact) mass is 258 g/mol. The van der Waals surface area contributed by atoms with Crippen molar-refractivity contribution in [1.82, 2.24) is 4.98 Å². The quantitative estimate of drug-likeness (QED) is 0.852. The Bertz CT molecular complexity index is 693. The van der Waals surface area contributed by atoms with E-state index >= 15 is 0 Å². The molecule has 1 aromatic carbocycles. The van der Waals surface area contributed by atoms with E-state index in [2.05, 4.69) is 10.3 Å². The van der Waals surface area contributed by atoms with E-state index in [1.165, 1.54) is 18.3 Å². The van der Waals surface area contributed by atoms with Gasteiger partial charge in [-0.1, -0.05) is 0 Å². The number of nitrogens with one attached hydrogen (secondary N) is 2. The molecule has 96 valence electrons. The predicted octanol–water partition coefficient (Wildman–Crippen LogP) is 1.36. The molecular weight excluding hydrogens is 248 g/mol. The van der Waals surface area contributed by atoms with Crippen molar-refractivity contribution < 1.29 is 14.3 Å². The lowest BCUT2D eigenvalue weighted by Crippen LogP contribution is -2.15. The molecule has 2 heterocycles. The van der Waals surface area contributed by atoms with Crippen molar-refractivity contribution in [1.29, 1.82) is 0 Å². The molecule has 0 bridgehead atoms. The fourth-order valence-electron chi connectivity index (χ4n) is 1.76. The minimum Gasteiger partial charge on any atom is -0.454 e. The van der Waals surface area contributed by atoms with Crippen LogP contribution in [0, 0.1) is 0 Å². The summed E-state index contributed by atoms with van der Waals surface area (Å²) < 4.78 is 10.4. The summed E-state index contributed by atoms with van der Waals surface area (Å²) in [4.78, 5) is 25.5. The van der Waals surface area contributed by atoms with Gasteiger partial charge in [0.1, 0.15) is 0 Å². The fraction of sp³-hybridized carbons (Fsp3) is 0.0769. The molecule has 1 amide bonds. The normalized spacial score (nSPS) is 12.2. The van der Waals surface area contributed by atoms with Gasteiger partial charge in [-0.15, -0.1) is 0 Å². The standard InChI is InChI=1S/C13H10N2O4/c16-12-5-8(3-4-14-12)13(17)15-9-1-2-10-11(6-9)19-7-18-10/h1-6H,7H2,(H,14,16)(H,15,17). The number of fused-ring (bicyclic) bond motifs is 1. The highest BCUT2D eigenvalue weighted by molar-refractivity contribution is 6.04. The van der Waals surface area contributed by atoms with E-state index in [1.807, 2.05) is 0 Å². The van der Waals surface area contributed by atoms with Gasteiger partial charge in [-0.25, -0.2) is 0 Å². The molecule has 2 aromatic rings. The second kappa shape index (κ2) is 4.49. The van der Waals surface area contributed by atoms with Crippen molar-refractivity contribution in [2.24, 2.45) is 0 Å². The highest BCUT2D eigenvalue weighted by Crippen LogP contribution is 2.34. The van der Waals surface area contributed by atoms with Crippen LogP contribution in [0.4, 0.5) is 5.69 Å². The van der Waals surface area contributed by atoms with Gasteiger partial charge in [-0.05, 0) is 18.2 Å². The topological polar surface area (TPSA) is 80.4 Å². The minimum absolute atomic E-state index is 0.181. The molecule has 0 aliphatic carbocycles. The summed E-state index contributed by atoms with van der Waals surface area (Å²) >= 11 is 0. The van der Waals surface area contributed by atoms with Gasteiger partial charge in [0, 0.05) is 29.6 Å². The van der Waals surface area contributed by atoms with Crippen molar-refractivity contribution in [2.45, 2.75) is 0 Å². The van der Waals surface area contributed by atoms with Crippen molar-refractivity contribution >= 4 is 11.6 Å². The van der Waals surface area contributed by atoms with Gasteiger partial charge in [0.25, 0.3) is 5.91 Å². The Labute approximate surface area is 108 Å². The molecule has 0 saturated heterocycles. The number of amides is 1. The largest absolute Gasteiger partial charge is 0.454 e. The molecule has 19 heavy (non-hydrogen) atoms.